The van der Waals surface area contributed by atoms with E-state index in [0.29, 0.717) is 24.2 Å². The van der Waals surface area contributed by atoms with Gasteiger partial charge in [-0.2, -0.15) is 0 Å². The van der Waals surface area contributed by atoms with E-state index in [1.165, 1.54) is 0 Å². The van der Waals surface area contributed by atoms with Crippen LogP contribution >= 0.6 is 11.6 Å². The van der Waals surface area contributed by atoms with Crippen LogP contribution in [0.4, 0.5) is 5.69 Å². The van der Waals surface area contributed by atoms with Gasteiger partial charge >= 0.3 is 5.69 Å². The van der Waals surface area contributed by atoms with Crippen LogP contribution in [0.15, 0.2) is 41.5 Å². The Morgan fingerprint density at radius 1 is 1.26 bits per heavy atom. The van der Waals surface area contributed by atoms with E-state index in [4.69, 9.17) is 11.6 Å². The molecule has 0 bridgehead atoms. The normalized spacial score (nSPS) is 14.6. The third kappa shape index (κ3) is 2.68. The number of rotatable bonds is 5. The van der Waals surface area contributed by atoms with E-state index < -0.39 is 0 Å². The quantitative estimate of drug-likeness (QED) is 0.913. The minimum atomic E-state index is 0.0865. The van der Waals surface area contributed by atoms with Crippen molar-refractivity contribution in [2.45, 2.75) is 25.4 Å². The molecule has 3 rings (SSSR count). The summed E-state index contributed by atoms with van der Waals surface area (Å²) in [5.74, 6) is 0. The average molecular weight is 278 g/mol. The van der Waals surface area contributed by atoms with E-state index in [-0.39, 0.29) is 5.69 Å². The average Bonchev–Trinajstić information content (AvgIpc) is 3.18. The molecule has 0 aliphatic heterocycles. The van der Waals surface area contributed by atoms with E-state index in [9.17, 15) is 4.79 Å². The van der Waals surface area contributed by atoms with Crippen LogP contribution in [0.25, 0.3) is 0 Å². The zero-order chi connectivity index (χ0) is 13.2. The summed E-state index contributed by atoms with van der Waals surface area (Å²) in [4.78, 5) is 12.0. The highest BCUT2D eigenvalue weighted by molar-refractivity contribution is 6.33. The largest absolute Gasteiger partial charge is 0.382 e. The maximum absolute atomic E-state index is 12.0. The molecule has 0 radical (unpaired) electrons. The molecule has 1 N–H and O–H groups in total. The molecule has 5 heteroatoms. The summed E-state index contributed by atoms with van der Waals surface area (Å²) >= 11 is 6.06. The second kappa shape index (κ2) is 5.13. The Balaban J connectivity index is 1.61. The van der Waals surface area contributed by atoms with Crippen LogP contribution in [0, 0.1) is 0 Å². The molecule has 4 nitrogen and oxygen atoms in total. The van der Waals surface area contributed by atoms with Crippen LogP contribution in [0.3, 0.4) is 0 Å². The van der Waals surface area contributed by atoms with Gasteiger partial charge in [0.2, 0.25) is 0 Å². The van der Waals surface area contributed by atoms with Crippen LogP contribution in [0.2, 0.25) is 5.02 Å². The first-order chi connectivity index (χ1) is 9.25. The lowest BCUT2D eigenvalue weighted by atomic mass is 10.3. The number of imidazole rings is 1. The maximum Gasteiger partial charge on any atom is 0.328 e. The van der Waals surface area contributed by atoms with Gasteiger partial charge in [0.1, 0.15) is 0 Å². The molecule has 0 atom stereocenters. The Morgan fingerprint density at radius 2 is 2.05 bits per heavy atom. The van der Waals surface area contributed by atoms with Crippen LogP contribution < -0.4 is 11.0 Å². The molecule has 1 aromatic carbocycles. The van der Waals surface area contributed by atoms with Crippen LogP contribution in [-0.4, -0.2) is 15.7 Å². The van der Waals surface area contributed by atoms with Crippen LogP contribution in [0.5, 0.6) is 0 Å². The first-order valence-corrected chi connectivity index (χ1v) is 6.89. The van der Waals surface area contributed by atoms with Crippen LogP contribution in [0.1, 0.15) is 18.9 Å². The third-order valence-electron chi connectivity index (χ3n) is 3.36. The van der Waals surface area contributed by atoms with Gasteiger partial charge in [-0.15, -0.1) is 0 Å². The second-order valence-corrected chi connectivity index (χ2v) is 5.23. The van der Waals surface area contributed by atoms with Gasteiger partial charge in [-0.1, -0.05) is 23.7 Å². The van der Waals surface area contributed by atoms with Crippen molar-refractivity contribution in [2.24, 2.45) is 0 Å². The van der Waals surface area contributed by atoms with Crippen LogP contribution in [-0.2, 0) is 6.54 Å². The molecule has 0 saturated heterocycles. The van der Waals surface area contributed by atoms with E-state index in [1.807, 2.05) is 41.2 Å². The van der Waals surface area contributed by atoms with E-state index in [0.717, 1.165) is 18.5 Å². The summed E-state index contributed by atoms with van der Waals surface area (Å²) in [7, 11) is 0. The summed E-state index contributed by atoms with van der Waals surface area (Å²) in [5.41, 5.74) is 0.988. The molecule has 19 heavy (non-hydrogen) atoms. The van der Waals surface area contributed by atoms with Crippen molar-refractivity contribution in [3.8, 4) is 0 Å². The Morgan fingerprint density at radius 3 is 2.79 bits per heavy atom. The molecule has 1 aliphatic rings. The minimum absolute atomic E-state index is 0.0865. The molecule has 1 heterocycles. The van der Waals surface area contributed by atoms with Gasteiger partial charge in [0.15, 0.2) is 0 Å². The van der Waals surface area contributed by atoms with Gasteiger partial charge in [-0.25, -0.2) is 4.79 Å². The highest BCUT2D eigenvalue weighted by atomic mass is 35.5. The molecule has 1 fully saturated rings. The fourth-order valence-corrected chi connectivity index (χ4v) is 2.35. The van der Waals surface area contributed by atoms with Crippen molar-refractivity contribution < 1.29 is 0 Å². The van der Waals surface area contributed by atoms with Gasteiger partial charge < -0.3 is 5.32 Å². The molecule has 1 saturated carbocycles. The number of benzene rings is 1. The molecule has 0 amide bonds. The first kappa shape index (κ1) is 12.4. The summed E-state index contributed by atoms with van der Waals surface area (Å²) in [5, 5.41) is 3.94. The number of hydrogen-bond acceptors (Lipinski definition) is 2. The molecule has 100 valence electrons. The number of aromatic nitrogens is 2. The zero-order valence-corrected chi connectivity index (χ0v) is 11.3. The lowest BCUT2D eigenvalue weighted by Crippen LogP contribution is -2.25. The van der Waals surface area contributed by atoms with Crippen molar-refractivity contribution in [2.75, 3.05) is 11.9 Å². The highest BCUT2D eigenvalue weighted by Gasteiger charge is 2.25. The van der Waals surface area contributed by atoms with Gasteiger partial charge in [0.25, 0.3) is 0 Å². The smallest absolute Gasteiger partial charge is 0.328 e. The number of para-hydroxylation sites is 1. The molecule has 1 aromatic heterocycles. The fraction of sp³-hybridized carbons (Fsp3) is 0.357. The summed E-state index contributed by atoms with van der Waals surface area (Å²) < 4.78 is 3.57. The summed E-state index contributed by atoms with van der Waals surface area (Å²) in [6.07, 6.45) is 5.99. The molecule has 0 unspecified atom stereocenters. The molecular formula is C14H16ClN3O. The van der Waals surface area contributed by atoms with Gasteiger partial charge in [-0.3, -0.25) is 9.13 Å². The lowest BCUT2D eigenvalue weighted by Gasteiger charge is -2.08. The van der Waals surface area contributed by atoms with Gasteiger partial charge in [-0.05, 0) is 25.0 Å². The van der Waals surface area contributed by atoms with Gasteiger partial charge in [0, 0.05) is 31.5 Å². The van der Waals surface area contributed by atoms with Crippen molar-refractivity contribution in [1.82, 2.24) is 9.13 Å². The number of hydrogen-bond donors (Lipinski definition) is 1. The predicted octanol–water partition coefficient (Wildman–Crippen LogP) is 2.75. The highest BCUT2D eigenvalue weighted by Crippen LogP contribution is 2.33. The summed E-state index contributed by atoms with van der Waals surface area (Å²) in [6, 6.07) is 8.04. The number of nitrogens with one attached hydrogen (secondary N) is 1. The van der Waals surface area contributed by atoms with E-state index in [2.05, 4.69) is 5.32 Å². The zero-order valence-electron chi connectivity index (χ0n) is 10.6. The minimum Gasteiger partial charge on any atom is -0.382 e. The van der Waals surface area contributed by atoms with Crippen molar-refractivity contribution in [3.63, 3.8) is 0 Å². The first-order valence-electron chi connectivity index (χ1n) is 6.51. The maximum atomic E-state index is 12.0. The Labute approximate surface area is 116 Å². The van der Waals surface area contributed by atoms with Crippen molar-refractivity contribution in [3.05, 3.63) is 52.2 Å². The number of nitrogens with zero attached hydrogens (tertiary/aromatic N) is 2. The summed E-state index contributed by atoms with van der Waals surface area (Å²) in [6.45, 7) is 1.32. The molecule has 2 aromatic rings. The SMILES string of the molecule is O=c1n(CCNc2ccccc2Cl)ccn1C1CC1. The Hall–Kier alpha value is -1.68. The molecule has 1 aliphatic carbocycles. The fourth-order valence-electron chi connectivity index (χ4n) is 2.14. The monoisotopic (exact) mass is 277 g/mol. The standard InChI is InChI=1S/C14H16ClN3O/c15-12-3-1-2-4-13(12)16-7-8-17-9-10-18(14(17)19)11-5-6-11/h1-4,9-11,16H,5-8H2. The second-order valence-electron chi connectivity index (χ2n) is 4.82. The Kier molecular flexibility index (Phi) is 3.34. The predicted molar refractivity (Wildman–Crippen MR) is 76.9 cm³/mol. The number of anilines is 1. The molecule has 0 spiro atoms. The molecular weight excluding hydrogens is 262 g/mol. The Bertz CT molecular complexity index is 628. The number of halogens is 1. The van der Waals surface area contributed by atoms with E-state index >= 15 is 0 Å². The van der Waals surface area contributed by atoms with E-state index in [1.54, 1.807) is 4.57 Å². The third-order valence-corrected chi connectivity index (χ3v) is 3.69. The van der Waals surface area contributed by atoms with Crippen molar-refractivity contribution in [1.29, 1.82) is 0 Å². The topological polar surface area (TPSA) is 39.0 Å². The van der Waals surface area contributed by atoms with Gasteiger partial charge in [0.05, 0.1) is 10.7 Å². The lowest BCUT2D eigenvalue weighted by molar-refractivity contribution is 0.633. The van der Waals surface area contributed by atoms with Crippen molar-refractivity contribution >= 4 is 17.3 Å².